The molecule has 0 aromatic heterocycles. The Morgan fingerprint density at radius 1 is 1.00 bits per heavy atom. The second-order valence-electron chi connectivity index (χ2n) is 2.11. The van der Waals surface area contributed by atoms with E-state index in [9.17, 15) is 4.39 Å². The van der Waals surface area contributed by atoms with Crippen LogP contribution in [0.25, 0.3) is 0 Å². The number of hydrogen-bond donors (Lipinski definition) is 3. The largest absolute Gasteiger partial charge is 0.396 e. The molecular weight excluding hydrogens is 127 g/mol. The molecule has 56 valence electrons. The lowest BCUT2D eigenvalue weighted by Gasteiger charge is -2.22. The Balaban J connectivity index is 3.82. The van der Waals surface area contributed by atoms with Crippen molar-refractivity contribution >= 4 is 0 Å². The maximum absolute atomic E-state index is 11.8. The van der Waals surface area contributed by atoms with Gasteiger partial charge in [0.15, 0.2) is 0 Å². The molecule has 0 radical (unpaired) electrons. The summed E-state index contributed by atoms with van der Waals surface area (Å²) in [5.74, 6) is 0. The van der Waals surface area contributed by atoms with E-state index in [1.807, 2.05) is 0 Å². The van der Waals surface area contributed by atoms with Gasteiger partial charge in [0.05, 0.1) is 25.2 Å². The molecule has 4 heteroatoms. The van der Waals surface area contributed by atoms with Gasteiger partial charge in [0.1, 0.15) is 6.67 Å². The average molecular weight is 138 g/mol. The molecule has 0 aliphatic carbocycles. The summed E-state index contributed by atoms with van der Waals surface area (Å²) in [5.41, 5.74) is -1.33. The van der Waals surface area contributed by atoms with Crippen molar-refractivity contribution < 1.29 is 19.7 Å². The van der Waals surface area contributed by atoms with Gasteiger partial charge in [-0.25, -0.2) is 0 Å². The standard InChI is InChI=1S/C5H11FO3/c6-1-5(2-7,3-8)4-9/h7-9H,1-4H2. The molecular formula is C5H11FO3. The van der Waals surface area contributed by atoms with E-state index < -0.39 is 31.9 Å². The Morgan fingerprint density at radius 3 is 1.33 bits per heavy atom. The zero-order chi connectivity index (χ0) is 7.33. The van der Waals surface area contributed by atoms with Crippen LogP contribution in [0.15, 0.2) is 0 Å². The van der Waals surface area contributed by atoms with E-state index in [0.717, 1.165) is 0 Å². The normalized spacial score (nSPS) is 12.0. The molecule has 0 heterocycles. The quantitative estimate of drug-likeness (QED) is 0.463. The van der Waals surface area contributed by atoms with Gasteiger partial charge < -0.3 is 15.3 Å². The summed E-state index contributed by atoms with van der Waals surface area (Å²) < 4.78 is 11.8. The molecule has 0 atom stereocenters. The first-order valence-electron chi connectivity index (χ1n) is 2.63. The van der Waals surface area contributed by atoms with Crippen LogP contribution in [0.2, 0.25) is 0 Å². The van der Waals surface area contributed by atoms with Crippen molar-refractivity contribution in [1.29, 1.82) is 0 Å². The van der Waals surface area contributed by atoms with Gasteiger partial charge >= 0.3 is 0 Å². The SMILES string of the molecule is OCC(CO)(CO)CF. The van der Waals surface area contributed by atoms with Gasteiger partial charge in [0.25, 0.3) is 0 Å². The minimum Gasteiger partial charge on any atom is -0.396 e. The molecule has 9 heavy (non-hydrogen) atoms. The van der Waals surface area contributed by atoms with Crippen LogP contribution in [0.5, 0.6) is 0 Å². The number of hydrogen-bond acceptors (Lipinski definition) is 3. The maximum atomic E-state index is 11.8. The van der Waals surface area contributed by atoms with Crippen LogP contribution in [0.1, 0.15) is 0 Å². The summed E-state index contributed by atoms with van der Waals surface area (Å²) in [6.45, 7) is -2.50. The van der Waals surface area contributed by atoms with Crippen molar-refractivity contribution in [2.24, 2.45) is 5.41 Å². The molecule has 0 aromatic carbocycles. The van der Waals surface area contributed by atoms with Crippen LogP contribution in [0.3, 0.4) is 0 Å². The lowest BCUT2D eigenvalue weighted by Crippen LogP contribution is -2.35. The lowest BCUT2D eigenvalue weighted by molar-refractivity contribution is -0.0111. The predicted octanol–water partition coefficient (Wildman–Crippen LogP) is -1.08. The van der Waals surface area contributed by atoms with Gasteiger partial charge in [-0.2, -0.15) is 0 Å². The zero-order valence-corrected chi connectivity index (χ0v) is 5.05. The Morgan fingerprint density at radius 2 is 1.33 bits per heavy atom. The molecule has 0 spiro atoms. The van der Waals surface area contributed by atoms with Crippen LogP contribution < -0.4 is 0 Å². The Labute approximate surface area is 52.7 Å². The molecule has 0 unspecified atom stereocenters. The molecule has 0 aliphatic rings. The Bertz CT molecular complexity index is 55.1. The van der Waals surface area contributed by atoms with Crippen molar-refractivity contribution in [3.05, 3.63) is 0 Å². The van der Waals surface area contributed by atoms with E-state index in [4.69, 9.17) is 15.3 Å². The first-order chi connectivity index (χ1) is 4.24. The second kappa shape index (κ2) is 3.76. The molecule has 0 aliphatic heterocycles. The van der Waals surface area contributed by atoms with Crippen molar-refractivity contribution in [2.75, 3.05) is 26.5 Å². The van der Waals surface area contributed by atoms with Gasteiger partial charge in [-0.05, 0) is 0 Å². The number of aliphatic hydroxyl groups is 3. The van der Waals surface area contributed by atoms with Gasteiger partial charge in [-0.3, -0.25) is 4.39 Å². The highest BCUT2D eigenvalue weighted by atomic mass is 19.1. The minimum absolute atomic E-state index is 0.531. The zero-order valence-electron chi connectivity index (χ0n) is 5.05. The first-order valence-corrected chi connectivity index (χ1v) is 2.63. The fourth-order valence-corrected chi connectivity index (χ4v) is 0.277. The molecule has 0 fully saturated rings. The van der Waals surface area contributed by atoms with E-state index in [0.29, 0.717) is 0 Å². The molecule has 0 rings (SSSR count). The highest BCUT2D eigenvalue weighted by Crippen LogP contribution is 2.14. The highest BCUT2D eigenvalue weighted by Gasteiger charge is 2.27. The van der Waals surface area contributed by atoms with Crippen LogP contribution in [-0.4, -0.2) is 41.8 Å². The summed E-state index contributed by atoms with van der Waals surface area (Å²) in [7, 11) is 0. The lowest BCUT2D eigenvalue weighted by atomic mass is 9.94. The number of rotatable bonds is 4. The van der Waals surface area contributed by atoms with Crippen LogP contribution >= 0.6 is 0 Å². The fourth-order valence-electron chi connectivity index (χ4n) is 0.277. The van der Waals surface area contributed by atoms with E-state index >= 15 is 0 Å². The molecule has 3 N–H and O–H groups in total. The monoisotopic (exact) mass is 138 g/mol. The van der Waals surface area contributed by atoms with Crippen molar-refractivity contribution in [3.8, 4) is 0 Å². The third-order valence-corrected chi connectivity index (χ3v) is 1.29. The molecule has 0 bridgehead atoms. The third kappa shape index (κ3) is 1.89. The summed E-state index contributed by atoms with van der Waals surface area (Å²) in [6.07, 6.45) is 0. The molecule has 3 nitrogen and oxygen atoms in total. The van der Waals surface area contributed by atoms with Gasteiger partial charge in [-0.15, -0.1) is 0 Å². The highest BCUT2D eigenvalue weighted by molar-refractivity contribution is 4.75. The van der Waals surface area contributed by atoms with Crippen molar-refractivity contribution in [1.82, 2.24) is 0 Å². The fraction of sp³-hybridized carbons (Fsp3) is 1.00. The van der Waals surface area contributed by atoms with Gasteiger partial charge in [0.2, 0.25) is 0 Å². The van der Waals surface area contributed by atoms with Crippen LogP contribution in [0, 0.1) is 5.41 Å². The molecule has 0 saturated heterocycles. The Kier molecular flexibility index (Phi) is 3.68. The summed E-state index contributed by atoms with van der Waals surface area (Å²) in [6, 6.07) is 0. The minimum atomic E-state index is -1.33. The topological polar surface area (TPSA) is 60.7 Å². The van der Waals surface area contributed by atoms with Crippen molar-refractivity contribution in [2.45, 2.75) is 0 Å². The Hall–Kier alpha value is -0.190. The van der Waals surface area contributed by atoms with E-state index in [1.165, 1.54) is 0 Å². The van der Waals surface area contributed by atoms with Gasteiger partial charge in [-0.1, -0.05) is 0 Å². The van der Waals surface area contributed by atoms with E-state index in [1.54, 1.807) is 0 Å². The third-order valence-electron chi connectivity index (χ3n) is 1.29. The molecule has 0 saturated carbocycles. The second-order valence-corrected chi connectivity index (χ2v) is 2.11. The average Bonchev–Trinajstić information content (AvgIpc) is 1.95. The first kappa shape index (κ1) is 8.81. The van der Waals surface area contributed by atoms with E-state index in [-0.39, 0.29) is 0 Å². The van der Waals surface area contributed by atoms with E-state index in [2.05, 4.69) is 0 Å². The molecule has 0 aromatic rings. The maximum Gasteiger partial charge on any atom is 0.102 e. The number of aliphatic hydroxyl groups excluding tert-OH is 3. The summed E-state index contributed by atoms with van der Waals surface area (Å²) in [5, 5.41) is 25.2. The summed E-state index contributed by atoms with van der Waals surface area (Å²) >= 11 is 0. The van der Waals surface area contributed by atoms with Gasteiger partial charge in [0, 0.05) is 0 Å². The number of alkyl halides is 1. The predicted molar refractivity (Wildman–Crippen MR) is 29.7 cm³/mol. The smallest absolute Gasteiger partial charge is 0.102 e. The summed E-state index contributed by atoms with van der Waals surface area (Å²) in [4.78, 5) is 0. The number of halogens is 1. The van der Waals surface area contributed by atoms with Crippen LogP contribution in [0.4, 0.5) is 4.39 Å². The van der Waals surface area contributed by atoms with Crippen molar-refractivity contribution in [3.63, 3.8) is 0 Å². The molecule has 0 amide bonds. The van der Waals surface area contributed by atoms with Crippen LogP contribution in [-0.2, 0) is 0 Å².